The highest BCUT2D eigenvalue weighted by molar-refractivity contribution is 7.13. The molecule has 4 rings (SSSR count). The molecular weight excluding hydrogens is 450 g/mol. The van der Waals surface area contributed by atoms with Crippen LogP contribution in [0.3, 0.4) is 0 Å². The highest BCUT2D eigenvalue weighted by atomic mass is 32.1. The van der Waals surface area contributed by atoms with Crippen molar-refractivity contribution in [1.29, 1.82) is 0 Å². The summed E-state index contributed by atoms with van der Waals surface area (Å²) in [6.45, 7) is 5.87. The van der Waals surface area contributed by atoms with Crippen LogP contribution < -0.4 is 11.1 Å². The summed E-state index contributed by atoms with van der Waals surface area (Å²) in [6.07, 6.45) is 0. The Morgan fingerprint density at radius 3 is 2.15 bits per heavy atom. The maximum atomic E-state index is 12.8. The number of carbonyl (C=O) groups excluding carboxylic acids is 3. The molecule has 8 heteroatoms. The number of benzene rings is 2. The highest BCUT2D eigenvalue weighted by Gasteiger charge is 2.23. The first-order valence-corrected chi connectivity index (χ1v) is 12.0. The van der Waals surface area contributed by atoms with Crippen molar-refractivity contribution in [2.24, 2.45) is 5.73 Å². The van der Waals surface area contributed by atoms with Gasteiger partial charge < -0.3 is 15.8 Å². The zero-order valence-electron chi connectivity index (χ0n) is 19.0. The van der Waals surface area contributed by atoms with Crippen molar-refractivity contribution in [1.82, 2.24) is 10.2 Å². The molecule has 2 aromatic carbocycles. The number of thiophene rings is 1. The average molecular weight is 478 g/mol. The maximum Gasteiger partial charge on any atom is 0.262 e. The molecule has 1 aliphatic heterocycles. The van der Waals surface area contributed by atoms with Crippen molar-refractivity contribution < 1.29 is 19.1 Å². The van der Waals surface area contributed by atoms with Crippen molar-refractivity contribution in [3.63, 3.8) is 0 Å². The number of primary amides is 1. The molecular formula is C26H27N3O4S. The van der Waals surface area contributed by atoms with E-state index in [2.05, 4.69) is 10.2 Å². The van der Waals surface area contributed by atoms with Gasteiger partial charge in [0.25, 0.3) is 11.8 Å². The van der Waals surface area contributed by atoms with Gasteiger partial charge in [-0.25, -0.2) is 0 Å². The van der Waals surface area contributed by atoms with E-state index >= 15 is 0 Å². The van der Waals surface area contributed by atoms with Crippen LogP contribution in [0.4, 0.5) is 0 Å². The highest BCUT2D eigenvalue weighted by Crippen LogP contribution is 2.33. The standard InChI is InChI=1S/C26H27N3O4S/c1-17(30)18-2-4-19(5-3-18)20-6-8-21(9-7-20)22-16-34-24(23(22)25(27)31)26(32)28-10-11-29-12-14-33-15-13-29/h2-9,16H,10-15H2,1H3,(H2,27,31)(H,28,32). The van der Waals surface area contributed by atoms with Gasteiger partial charge in [0.15, 0.2) is 5.78 Å². The molecule has 0 bridgehead atoms. The molecule has 0 aliphatic carbocycles. The largest absolute Gasteiger partial charge is 0.379 e. The molecule has 1 aromatic heterocycles. The first kappa shape index (κ1) is 23.8. The van der Waals surface area contributed by atoms with Crippen LogP contribution in [0.2, 0.25) is 0 Å². The first-order valence-electron chi connectivity index (χ1n) is 11.2. The van der Waals surface area contributed by atoms with Gasteiger partial charge in [0.1, 0.15) is 4.88 Å². The summed E-state index contributed by atoms with van der Waals surface area (Å²) in [6, 6.07) is 15.1. The van der Waals surface area contributed by atoms with Gasteiger partial charge in [0.05, 0.1) is 18.8 Å². The van der Waals surface area contributed by atoms with Crippen LogP contribution in [-0.4, -0.2) is 61.9 Å². The number of hydrogen-bond acceptors (Lipinski definition) is 6. The van der Waals surface area contributed by atoms with Gasteiger partial charge in [-0.15, -0.1) is 11.3 Å². The summed E-state index contributed by atoms with van der Waals surface area (Å²) in [5.74, 6) is -0.891. The number of rotatable bonds is 8. The number of nitrogens with zero attached hydrogens (tertiary/aromatic N) is 1. The van der Waals surface area contributed by atoms with E-state index in [-0.39, 0.29) is 17.3 Å². The van der Waals surface area contributed by atoms with Crippen molar-refractivity contribution in [3.05, 3.63) is 69.9 Å². The molecule has 176 valence electrons. The zero-order valence-corrected chi connectivity index (χ0v) is 19.8. The molecule has 1 saturated heterocycles. The third kappa shape index (κ3) is 5.41. The number of ether oxygens (including phenoxy) is 1. The minimum absolute atomic E-state index is 0.0271. The lowest BCUT2D eigenvalue weighted by atomic mass is 9.98. The minimum atomic E-state index is -0.626. The van der Waals surface area contributed by atoms with E-state index in [0.29, 0.717) is 35.8 Å². The van der Waals surface area contributed by atoms with E-state index in [1.165, 1.54) is 11.3 Å². The van der Waals surface area contributed by atoms with E-state index in [1.807, 2.05) is 36.4 Å². The molecule has 0 unspecified atom stereocenters. The summed E-state index contributed by atoms with van der Waals surface area (Å²) in [5.41, 5.74) is 10.0. The summed E-state index contributed by atoms with van der Waals surface area (Å²) in [4.78, 5) is 39.1. The van der Waals surface area contributed by atoms with E-state index in [4.69, 9.17) is 10.5 Å². The molecule has 0 saturated carbocycles. The Morgan fingerprint density at radius 2 is 1.56 bits per heavy atom. The van der Waals surface area contributed by atoms with Gasteiger partial charge in [-0.1, -0.05) is 48.5 Å². The predicted octanol–water partition coefficient (Wildman–Crippen LogP) is 3.45. The second kappa shape index (κ2) is 10.7. The van der Waals surface area contributed by atoms with Gasteiger partial charge in [0.2, 0.25) is 0 Å². The van der Waals surface area contributed by atoms with Crippen LogP contribution in [0.1, 0.15) is 37.3 Å². The third-order valence-corrected chi connectivity index (χ3v) is 6.86. The molecule has 34 heavy (non-hydrogen) atoms. The number of amides is 2. The molecule has 7 nitrogen and oxygen atoms in total. The second-order valence-corrected chi connectivity index (χ2v) is 9.02. The Balaban J connectivity index is 1.49. The number of Topliss-reactive ketones (excluding diaryl/α,β-unsaturated/α-hetero) is 1. The van der Waals surface area contributed by atoms with E-state index in [0.717, 1.165) is 36.3 Å². The number of nitrogens with two attached hydrogens (primary N) is 1. The Hall–Kier alpha value is -3.33. The van der Waals surface area contributed by atoms with Gasteiger partial charge in [0, 0.05) is 42.7 Å². The fourth-order valence-electron chi connectivity index (χ4n) is 3.95. The summed E-state index contributed by atoms with van der Waals surface area (Å²) in [5, 5.41) is 4.71. The van der Waals surface area contributed by atoms with Crippen molar-refractivity contribution in [3.8, 4) is 22.3 Å². The topological polar surface area (TPSA) is 102 Å². The van der Waals surface area contributed by atoms with Crippen molar-refractivity contribution >= 4 is 28.9 Å². The molecule has 0 radical (unpaired) electrons. The maximum absolute atomic E-state index is 12.8. The lowest BCUT2D eigenvalue weighted by molar-refractivity contribution is 0.0383. The number of carbonyl (C=O) groups is 3. The Bertz CT molecular complexity index is 1180. The minimum Gasteiger partial charge on any atom is -0.379 e. The first-order chi connectivity index (χ1) is 16.4. The number of hydrogen-bond donors (Lipinski definition) is 2. The smallest absolute Gasteiger partial charge is 0.262 e. The van der Waals surface area contributed by atoms with Crippen LogP contribution in [-0.2, 0) is 4.74 Å². The molecule has 3 aromatic rings. The number of ketones is 1. The normalized spacial score (nSPS) is 14.0. The molecule has 1 fully saturated rings. The average Bonchev–Trinajstić information content (AvgIpc) is 3.31. The van der Waals surface area contributed by atoms with Crippen molar-refractivity contribution in [2.75, 3.05) is 39.4 Å². The van der Waals surface area contributed by atoms with Gasteiger partial charge in [-0.3, -0.25) is 19.3 Å². The lowest BCUT2D eigenvalue weighted by Gasteiger charge is -2.26. The summed E-state index contributed by atoms with van der Waals surface area (Å²) in [7, 11) is 0. The van der Waals surface area contributed by atoms with Crippen LogP contribution in [0, 0.1) is 0 Å². The van der Waals surface area contributed by atoms with Crippen LogP contribution in [0.15, 0.2) is 53.9 Å². The third-order valence-electron chi connectivity index (χ3n) is 5.88. The van der Waals surface area contributed by atoms with Gasteiger partial charge in [-0.05, 0) is 23.6 Å². The summed E-state index contributed by atoms with van der Waals surface area (Å²) >= 11 is 1.22. The monoisotopic (exact) mass is 477 g/mol. The Labute approximate surface area is 202 Å². The van der Waals surface area contributed by atoms with E-state index in [1.54, 1.807) is 24.4 Å². The van der Waals surface area contributed by atoms with Crippen LogP contribution >= 0.6 is 11.3 Å². The fraction of sp³-hybridized carbons (Fsp3) is 0.269. The number of nitrogens with one attached hydrogen (secondary N) is 1. The van der Waals surface area contributed by atoms with Gasteiger partial charge in [-0.2, -0.15) is 0 Å². The quantitative estimate of drug-likeness (QED) is 0.484. The number of morpholine rings is 1. The van der Waals surface area contributed by atoms with Crippen LogP contribution in [0.5, 0.6) is 0 Å². The summed E-state index contributed by atoms with van der Waals surface area (Å²) < 4.78 is 5.34. The van der Waals surface area contributed by atoms with E-state index in [9.17, 15) is 14.4 Å². The SMILES string of the molecule is CC(=O)c1ccc(-c2ccc(-c3csc(C(=O)NCCN4CCOCC4)c3C(N)=O)cc2)cc1. The van der Waals surface area contributed by atoms with Crippen molar-refractivity contribution in [2.45, 2.75) is 6.92 Å². The van der Waals surface area contributed by atoms with Crippen LogP contribution in [0.25, 0.3) is 22.3 Å². The molecule has 3 N–H and O–H groups in total. The lowest BCUT2D eigenvalue weighted by Crippen LogP contribution is -2.41. The molecule has 1 aliphatic rings. The predicted molar refractivity (Wildman–Crippen MR) is 133 cm³/mol. The Morgan fingerprint density at radius 1 is 0.971 bits per heavy atom. The molecule has 2 amide bonds. The molecule has 2 heterocycles. The second-order valence-electron chi connectivity index (χ2n) is 8.14. The molecule has 0 atom stereocenters. The van der Waals surface area contributed by atoms with Gasteiger partial charge >= 0.3 is 0 Å². The fourth-order valence-corrected chi connectivity index (χ4v) is 4.95. The molecule has 0 spiro atoms. The van der Waals surface area contributed by atoms with E-state index < -0.39 is 5.91 Å². The Kier molecular flexibility index (Phi) is 7.52. The zero-order chi connectivity index (χ0) is 24.1.